The Labute approximate surface area is 154 Å². The Balaban J connectivity index is 3.18. The first kappa shape index (κ1) is 21.5. The minimum atomic E-state index is -0.734. The average molecular weight is 365 g/mol. The summed E-state index contributed by atoms with van der Waals surface area (Å²) in [5.74, 6) is -0.828. The molecule has 0 bridgehead atoms. The first-order chi connectivity index (χ1) is 12.0. The number of nitrogens with one attached hydrogen (secondary N) is 1. The smallest absolute Gasteiger partial charge is 0.340 e. The molecule has 0 aliphatic rings. The van der Waals surface area contributed by atoms with Crippen LogP contribution in [0.1, 0.15) is 45.0 Å². The molecule has 0 heterocycles. The Hall–Kier alpha value is -2.57. The Morgan fingerprint density at radius 1 is 1.04 bits per heavy atom. The number of ketones is 1. The van der Waals surface area contributed by atoms with Gasteiger partial charge >= 0.3 is 5.97 Å². The first-order valence-corrected chi connectivity index (χ1v) is 8.28. The molecule has 0 aromatic heterocycles. The predicted octanol–water partition coefficient (Wildman–Crippen LogP) is 3.07. The van der Waals surface area contributed by atoms with E-state index in [9.17, 15) is 14.4 Å². The molecule has 0 radical (unpaired) electrons. The maximum absolute atomic E-state index is 12.5. The lowest BCUT2D eigenvalue weighted by Gasteiger charge is -2.18. The normalized spacial score (nSPS) is 11.1. The Morgan fingerprint density at radius 2 is 1.58 bits per heavy atom. The van der Waals surface area contributed by atoms with Crippen molar-refractivity contribution in [2.75, 3.05) is 26.1 Å². The van der Waals surface area contributed by atoms with Crippen molar-refractivity contribution in [2.45, 2.75) is 34.6 Å². The largest absolute Gasteiger partial charge is 0.493 e. The molecule has 7 heteroatoms. The van der Waals surface area contributed by atoms with E-state index in [1.54, 1.807) is 34.6 Å². The summed E-state index contributed by atoms with van der Waals surface area (Å²) in [6, 6.07) is 2.90. The first-order valence-electron chi connectivity index (χ1n) is 8.28. The second kappa shape index (κ2) is 8.69. The van der Waals surface area contributed by atoms with Crippen molar-refractivity contribution in [3.8, 4) is 11.5 Å². The molecule has 1 aromatic rings. The van der Waals surface area contributed by atoms with Gasteiger partial charge in [0.1, 0.15) is 0 Å². The summed E-state index contributed by atoms with van der Waals surface area (Å²) in [5.41, 5.74) is -0.306. The lowest BCUT2D eigenvalue weighted by atomic mass is 9.91. The van der Waals surface area contributed by atoms with Crippen LogP contribution in [0.2, 0.25) is 0 Å². The second-order valence-electron chi connectivity index (χ2n) is 7.15. The molecule has 1 rings (SSSR count). The number of ether oxygens (including phenoxy) is 3. The van der Waals surface area contributed by atoms with Gasteiger partial charge in [-0.25, -0.2) is 4.79 Å². The fraction of sp³-hybridized carbons (Fsp3) is 0.526. The van der Waals surface area contributed by atoms with E-state index < -0.39 is 11.4 Å². The maximum atomic E-state index is 12.5. The minimum absolute atomic E-state index is 0.0818. The van der Waals surface area contributed by atoms with Crippen molar-refractivity contribution in [3.05, 3.63) is 17.7 Å². The van der Waals surface area contributed by atoms with Crippen LogP contribution >= 0.6 is 0 Å². The van der Waals surface area contributed by atoms with Crippen LogP contribution in [0, 0.1) is 11.3 Å². The van der Waals surface area contributed by atoms with E-state index in [1.165, 1.54) is 26.4 Å². The molecule has 0 unspecified atom stereocenters. The maximum Gasteiger partial charge on any atom is 0.340 e. The number of methoxy groups -OCH3 is 2. The summed E-state index contributed by atoms with van der Waals surface area (Å²) in [5, 5.41) is 2.67. The summed E-state index contributed by atoms with van der Waals surface area (Å²) in [6.07, 6.45) is 0. The quantitative estimate of drug-likeness (QED) is 0.747. The monoisotopic (exact) mass is 365 g/mol. The van der Waals surface area contributed by atoms with E-state index >= 15 is 0 Å². The second-order valence-corrected chi connectivity index (χ2v) is 7.15. The number of rotatable bonds is 7. The molecule has 1 N–H and O–H groups in total. The Bertz CT molecular complexity index is 688. The van der Waals surface area contributed by atoms with E-state index in [4.69, 9.17) is 14.2 Å². The van der Waals surface area contributed by atoms with E-state index in [-0.39, 0.29) is 35.5 Å². The molecule has 0 fully saturated rings. The van der Waals surface area contributed by atoms with Gasteiger partial charge in [-0.3, -0.25) is 9.59 Å². The summed E-state index contributed by atoms with van der Waals surface area (Å²) in [4.78, 5) is 36.5. The van der Waals surface area contributed by atoms with Crippen molar-refractivity contribution >= 4 is 23.3 Å². The molecule has 1 amide bonds. The minimum Gasteiger partial charge on any atom is -0.493 e. The SMILES string of the molecule is COc1cc(NC(=O)C(C)C)c(C(=O)OCC(=O)C(C)(C)C)cc1OC. The lowest BCUT2D eigenvalue weighted by Crippen LogP contribution is -2.27. The van der Waals surface area contributed by atoms with Gasteiger partial charge in [-0.2, -0.15) is 0 Å². The molecular weight excluding hydrogens is 338 g/mol. The summed E-state index contributed by atoms with van der Waals surface area (Å²) in [6.45, 7) is 8.34. The van der Waals surface area contributed by atoms with Gasteiger partial charge in [0.2, 0.25) is 5.91 Å². The van der Waals surface area contributed by atoms with E-state index in [1.807, 2.05) is 0 Å². The number of esters is 1. The highest BCUT2D eigenvalue weighted by molar-refractivity contribution is 6.03. The highest BCUT2D eigenvalue weighted by Gasteiger charge is 2.25. The van der Waals surface area contributed by atoms with Crippen LogP contribution in [0.25, 0.3) is 0 Å². The predicted molar refractivity (Wildman–Crippen MR) is 97.8 cm³/mol. The number of carbonyl (C=O) groups is 3. The van der Waals surface area contributed by atoms with Crippen molar-refractivity contribution in [1.29, 1.82) is 0 Å². The highest BCUT2D eigenvalue weighted by Crippen LogP contribution is 2.34. The fourth-order valence-corrected chi connectivity index (χ4v) is 1.85. The number of hydrogen-bond donors (Lipinski definition) is 1. The van der Waals surface area contributed by atoms with Gasteiger partial charge in [0.05, 0.1) is 25.5 Å². The van der Waals surface area contributed by atoms with Crippen LogP contribution in [0.3, 0.4) is 0 Å². The van der Waals surface area contributed by atoms with Gasteiger partial charge in [0.25, 0.3) is 0 Å². The summed E-state index contributed by atoms with van der Waals surface area (Å²) >= 11 is 0. The third-order valence-corrected chi connectivity index (χ3v) is 3.70. The molecule has 0 spiro atoms. The molecule has 7 nitrogen and oxygen atoms in total. The molecule has 0 saturated heterocycles. The van der Waals surface area contributed by atoms with E-state index in [0.29, 0.717) is 11.5 Å². The molecule has 1 aromatic carbocycles. The van der Waals surface area contributed by atoms with Crippen LogP contribution in [0.4, 0.5) is 5.69 Å². The van der Waals surface area contributed by atoms with E-state index in [0.717, 1.165) is 0 Å². The van der Waals surface area contributed by atoms with Crippen molar-refractivity contribution in [2.24, 2.45) is 11.3 Å². The third-order valence-electron chi connectivity index (χ3n) is 3.70. The molecular formula is C19H27NO6. The Morgan fingerprint density at radius 3 is 2.04 bits per heavy atom. The van der Waals surface area contributed by atoms with Crippen molar-refractivity contribution in [1.82, 2.24) is 0 Å². The average Bonchev–Trinajstić information content (AvgIpc) is 2.57. The zero-order valence-electron chi connectivity index (χ0n) is 16.4. The summed E-state index contributed by atoms with van der Waals surface area (Å²) in [7, 11) is 2.88. The zero-order chi connectivity index (χ0) is 20.1. The third kappa shape index (κ3) is 5.47. The van der Waals surface area contributed by atoms with Gasteiger partial charge in [-0.1, -0.05) is 34.6 Å². The number of amides is 1. The topological polar surface area (TPSA) is 90.9 Å². The number of anilines is 1. The van der Waals surface area contributed by atoms with Gasteiger partial charge in [-0.15, -0.1) is 0 Å². The van der Waals surface area contributed by atoms with Crippen LogP contribution in [-0.4, -0.2) is 38.5 Å². The molecule has 0 aliphatic carbocycles. The standard InChI is InChI=1S/C19H27NO6/c1-11(2)17(22)20-13-9-15(25-7)14(24-6)8-12(13)18(23)26-10-16(21)19(3,4)5/h8-9,11H,10H2,1-7H3,(H,20,22). The van der Waals surface area contributed by atoms with Gasteiger partial charge in [0.15, 0.2) is 23.9 Å². The van der Waals surface area contributed by atoms with Gasteiger partial charge in [0, 0.05) is 23.5 Å². The number of hydrogen-bond acceptors (Lipinski definition) is 6. The lowest BCUT2D eigenvalue weighted by molar-refractivity contribution is -0.129. The van der Waals surface area contributed by atoms with Crippen LogP contribution in [-0.2, 0) is 14.3 Å². The zero-order valence-corrected chi connectivity index (χ0v) is 16.4. The van der Waals surface area contributed by atoms with Crippen molar-refractivity contribution in [3.63, 3.8) is 0 Å². The van der Waals surface area contributed by atoms with Crippen LogP contribution < -0.4 is 14.8 Å². The molecule has 0 atom stereocenters. The molecule has 0 aliphatic heterocycles. The van der Waals surface area contributed by atoms with E-state index in [2.05, 4.69) is 5.32 Å². The van der Waals surface area contributed by atoms with Gasteiger partial charge in [-0.05, 0) is 0 Å². The number of Topliss-reactive ketones (excluding diaryl/α,β-unsaturated/α-hetero) is 1. The van der Waals surface area contributed by atoms with Crippen LogP contribution in [0.5, 0.6) is 11.5 Å². The molecule has 144 valence electrons. The summed E-state index contributed by atoms with van der Waals surface area (Å²) < 4.78 is 15.6. The van der Waals surface area contributed by atoms with Crippen LogP contribution in [0.15, 0.2) is 12.1 Å². The fourth-order valence-electron chi connectivity index (χ4n) is 1.85. The van der Waals surface area contributed by atoms with Crippen molar-refractivity contribution < 1.29 is 28.6 Å². The number of benzene rings is 1. The molecule has 0 saturated carbocycles. The Kier molecular flexibility index (Phi) is 7.18. The van der Waals surface area contributed by atoms with Gasteiger partial charge < -0.3 is 19.5 Å². The number of carbonyl (C=O) groups excluding carboxylic acids is 3. The molecule has 26 heavy (non-hydrogen) atoms. The highest BCUT2D eigenvalue weighted by atomic mass is 16.5.